The van der Waals surface area contributed by atoms with Crippen LogP contribution in [0.4, 0.5) is 4.39 Å². The summed E-state index contributed by atoms with van der Waals surface area (Å²) in [7, 11) is 0. The van der Waals surface area contributed by atoms with Gasteiger partial charge >= 0.3 is 5.97 Å². The van der Waals surface area contributed by atoms with Crippen LogP contribution in [0.25, 0.3) is 0 Å². The summed E-state index contributed by atoms with van der Waals surface area (Å²) in [4.78, 5) is 22.8. The molecule has 0 aliphatic carbocycles. The number of ether oxygens (including phenoxy) is 1. The third kappa shape index (κ3) is 3.37. The van der Waals surface area contributed by atoms with E-state index in [1.165, 1.54) is 25.1 Å². The molecule has 0 fully saturated rings. The minimum atomic E-state index is -1.01. The van der Waals surface area contributed by atoms with E-state index in [1.807, 2.05) is 0 Å². The molecule has 0 spiro atoms. The van der Waals surface area contributed by atoms with Crippen molar-refractivity contribution in [3.8, 4) is 0 Å². The molecule has 1 N–H and O–H groups in total. The third-order valence-corrected chi connectivity index (χ3v) is 2.39. The number of halogens is 1. The standard InChI is InChI=1S/C13H15FO4/c1-3-18-12(17)7-11(16)10-6-4-5-9(8(2)15)13(10)14/h4-6,8,15H,3,7H2,1-2H3. The largest absolute Gasteiger partial charge is 0.466 e. The van der Waals surface area contributed by atoms with Gasteiger partial charge in [0.15, 0.2) is 5.78 Å². The normalized spacial score (nSPS) is 12.0. The van der Waals surface area contributed by atoms with Crippen LogP contribution in [-0.4, -0.2) is 23.5 Å². The Morgan fingerprint density at radius 3 is 2.67 bits per heavy atom. The Kier molecular flexibility index (Phi) is 4.97. The molecule has 0 amide bonds. The van der Waals surface area contributed by atoms with Crippen molar-refractivity contribution in [3.63, 3.8) is 0 Å². The summed E-state index contributed by atoms with van der Waals surface area (Å²) >= 11 is 0. The average Bonchev–Trinajstić information content (AvgIpc) is 2.28. The zero-order valence-corrected chi connectivity index (χ0v) is 10.3. The molecule has 98 valence electrons. The molecule has 0 saturated heterocycles. The molecule has 0 saturated carbocycles. The maximum absolute atomic E-state index is 13.9. The molecular formula is C13H15FO4. The number of aliphatic hydroxyl groups excluding tert-OH is 1. The number of Topliss-reactive ketones (excluding diaryl/α,β-unsaturated/α-hetero) is 1. The van der Waals surface area contributed by atoms with Gasteiger partial charge in [0.05, 0.1) is 18.3 Å². The predicted octanol–water partition coefficient (Wildman–Crippen LogP) is 2.01. The third-order valence-electron chi connectivity index (χ3n) is 2.39. The van der Waals surface area contributed by atoms with Crippen LogP contribution >= 0.6 is 0 Å². The molecule has 0 aliphatic heterocycles. The van der Waals surface area contributed by atoms with Crippen molar-refractivity contribution in [2.45, 2.75) is 26.4 Å². The maximum atomic E-state index is 13.9. The van der Waals surface area contributed by atoms with Crippen molar-refractivity contribution in [2.24, 2.45) is 0 Å². The van der Waals surface area contributed by atoms with Crippen LogP contribution in [-0.2, 0) is 9.53 Å². The van der Waals surface area contributed by atoms with E-state index in [-0.39, 0.29) is 17.7 Å². The first-order valence-electron chi connectivity index (χ1n) is 5.62. The van der Waals surface area contributed by atoms with E-state index in [2.05, 4.69) is 4.74 Å². The molecule has 0 radical (unpaired) electrons. The lowest BCUT2D eigenvalue weighted by molar-refractivity contribution is -0.141. The van der Waals surface area contributed by atoms with Gasteiger partial charge in [-0.25, -0.2) is 4.39 Å². The summed E-state index contributed by atoms with van der Waals surface area (Å²) in [5.74, 6) is -2.14. The Bertz CT molecular complexity index is 454. The number of hydrogen-bond acceptors (Lipinski definition) is 4. The summed E-state index contributed by atoms with van der Waals surface area (Å²) in [6.45, 7) is 3.19. The number of carbonyl (C=O) groups excluding carboxylic acids is 2. The van der Waals surface area contributed by atoms with E-state index in [1.54, 1.807) is 6.92 Å². The van der Waals surface area contributed by atoms with E-state index < -0.39 is 30.1 Å². The SMILES string of the molecule is CCOC(=O)CC(=O)c1cccc(C(C)O)c1F. The van der Waals surface area contributed by atoms with Gasteiger partial charge in [-0.3, -0.25) is 9.59 Å². The Balaban J connectivity index is 2.93. The summed E-state index contributed by atoms with van der Waals surface area (Å²) in [5, 5.41) is 9.33. The predicted molar refractivity (Wildman–Crippen MR) is 62.6 cm³/mol. The summed E-state index contributed by atoms with van der Waals surface area (Å²) < 4.78 is 18.5. The van der Waals surface area contributed by atoms with Crippen LogP contribution in [0.1, 0.15) is 42.3 Å². The second-order valence-electron chi connectivity index (χ2n) is 3.79. The lowest BCUT2D eigenvalue weighted by atomic mass is 10.0. The molecule has 0 aliphatic rings. The van der Waals surface area contributed by atoms with Crippen molar-refractivity contribution in [3.05, 3.63) is 35.1 Å². The Labute approximate surface area is 104 Å². The molecule has 1 aromatic carbocycles. The summed E-state index contributed by atoms with van der Waals surface area (Å²) in [6.07, 6.45) is -1.52. The zero-order chi connectivity index (χ0) is 13.7. The average molecular weight is 254 g/mol. The minimum absolute atomic E-state index is 0.0321. The number of carbonyl (C=O) groups is 2. The lowest BCUT2D eigenvalue weighted by Gasteiger charge is -2.09. The van der Waals surface area contributed by atoms with E-state index in [9.17, 15) is 19.1 Å². The highest BCUT2D eigenvalue weighted by Crippen LogP contribution is 2.20. The van der Waals surface area contributed by atoms with Crippen LogP contribution in [0.5, 0.6) is 0 Å². The number of esters is 1. The number of rotatable bonds is 5. The molecular weight excluding hydrogens is 239 g/mol. The molecule has 1 rings (SSSR count). The molecule has 4 nitrogen and oxygen atoms in total. The molecule has 1 aromatic rings. The van der Waals surface area contributed by atoms with Gasteiger partial charge in [-0.2, -0.15) is 0 Å². The lowest BCUT2D eigenvalue weighted by Crippen LogP contribution is -2.13. The van der Waals surface area contributed by atoms with Crippen LogP contribution < -0.4 is 0 Å². The first-order chi connectivity index (χ1) is 8.47. The molecule has 0 heterocycles. The van der Waals surface area contributed by atoms with Crippen LogP contribution in [0.2, 0.25) is 0 Å². The van der Waals surface area contributed by atoms with E-state index in [0.717, 1.165) is 0 Å². The first kappa shape index (κ1) is 14.3. The monoisotopic (exact) mass is 254 g/mol. The van der Waals surface area contributed by atoms with Gasteiger partial charge < -0.3 is 9.84 Å². The summed E-state index contributed by atoms with van der Waals surface area (Å²) in [6, 6.07) is 4.13. The minimum Gasteiger partial charge on any atom is -0.466 e. The maximum Gasteiger partial charge on any atom is 0.313 e. The Morgan fingerprint density at radius 2 is 2.11 bits per heavy atom. The van der Waals surface area contributed by atoms with Gasteiger partial charge in [-0.1, -0.05) is 12.1 Å². The molecule has 0 aromatic heterocycles. The van der Waals surface area contributed by atoms with Gasteiger partial charge in [0.1, 0.15) is 12.2 Å². The van der Waals surface area contributed by atoms with E-state index in [0.29, 0.717) is 0 Å². The molecule has 0 bridgehead atoms. The topological polar surface area (TPSA) is 63.6 Å². The smallest absolute Gasteiger partial charge is 0.313 e. The molecule has 1 unspecified atom stereocenters. The molecule has 18 heavy (non-hydrogen) atoms. The highest BCUT2D eigenvalue weighted by molar-refractivity contribution is 6.06. The summed E-state index contributed by atoms with van der Waals surface area (Å²) in [5.41, 5.74) is -0.175. The first-order valence-corrected chi connectivity index (χ1v) is 5.62. The number of aliphatic hydroxyl groups is 1. The molecule has 1 atom stereocenters. The van der Waals surface area contributed by atoms with E-state index >= 15 is 0 Å². The fraction of sp³-hybridized carbons (Fsp3) is 0.385. The van der Waals surface area contributed by atoms with Crippen molar-refractivity contribution < 1.29 is 23.8 Å². The number of benzene rings is 1. The van der Waals surface area contributed by atoms with Crippen molar-refractivity contribution in [1.29, 1.82) is 0 Å². The fourth-order valence-corrected chi connectivity index (χ4v) is 1.53. The van der Waals surface area contributed by atoms with Crippen LogP contribution in [0.15, 0.2) is 18.2 Å². The Hall–Kier alpha value is -1.75. The van der Waals surface area contributed by atoms with Crippen LogP contribution in [0, 0.1) is 5.82 Å². The molecule has 5 heteroatoms. The van der Waals surface area contributed by atoms with Gasteiger partial charge in [0, 0.05) is 5.56 Å². The number of ketones is 1. The van der Waals surface area contributed by atoms with Crippen molar-refractivity contribution in [1.82, 2.24) is 0 Å². The van der Waals surface area contributed by atoms with E-state index in [4.69, 9.17) is 0 Å². The van der Waals surface area contributed by atoms with Gasteiger partial charge in [0.25, 0.3) is 0 Å². The van der Waals surface area contributed by atoms with Gasteiger partial charge in [-0.05, 0) is 19.9 Å². The number of hydrogen-bond donors (Lipinski definition) is 1. The van der Waals surface area contributed by atoms with Crippen molar-refractivity contribution >= 4 is 11.8 Å². The van der Waals surface area contributed by atoms with Crippen LogP contribution in [0.3, 0.4) is 0 Å². The highest BCUT2D eigenvalue weighted by atomic mass is 19.1. The second-order valence-corrected chi connectivity index (χ2v) is 3.79. The van der Waals surface area contributed by atoms with Gasteiger partial charge in [0.2, 0.25) is 0 Å². The zero-order valence-electron chi connectivity index (χ0n) is 10.3. The highest BCUT2D eigenvalue weighted by Gasteiger charge is 2.19. The quantitative estimate of drug-likeness (QED) is 0.496. The Morgan fingerprint density at radius 1 is 1.44 bits per heavy atom. The fourth-order valence-electron chi connectivity index (χ4n) is 1.53. The second kappa shape index (κ2) is 6.26. The van der Waals surface area contributed by atoms with Gasteiger partial charge in [-0.15, -0.1) is 0 Å². The van der Waals surface area contributed by atoms with Crippen molar-refractivity contribution in [2.75, 3.05) is 6.61 Å².